The zero-order valence-corrected chi connectivity index (χ0v) is 21.1. The molecule has 0 radical (unpaired) electrons. The lowest BCUT2D eigenvalue weighted by Crippen LogP contribution is -2.33. The van der Waals surface area contributed by atoms with E-state index >= 15 is 0 Å². The van der Waals surface area contributed by atoms with E-state index in [1.807, 2.05) is 19.2 Å². The predicted molar refractivity (Wildman–Crippen MR) is 131 cm³/mol. The number of aryl methyl sites for hydroxylation is 1. The lowest BCUT2D eigenvalue weighted by molar-refractivity contribution is 0.334. The molecule has 5 nitrogen and oxygen atoms in total. The van der Waals surface area contributed by atoms with E-state index in [0.717, 1.165) is 24.9 Å². The van der Waals surface area contributed by atoms with Crippen LogP contribution in [0.2, 0.25) is 15.1 Å². The molecule has 0 aromatic heterocycles. The molecular weight excluding hydrogens is 512 g/mol. The number of rotatable bonds is 10. The molecule has 2 aromatic carbocycles. The Morgan fingerprint density at radius 3 is 2.13 bits per heavy atom. The highest BCUT2D eigenvalue weighted by Gasteiger charge is 2.20. The maximum Gasteiger partial charge on any atom is 0.242 e. The number of hydrogen-bond donors (Lipinski definition) is 2. The fourth-order valence-electron chi connectivity index (χ4n) is 2.67. The summed E-state index contributed by atoms with van der Waals surface area (Å²) in [6, 6.07) is 11.0. The zero-order chi connectivity index (χ0) is 20.7. The third-order valence-corrected chi connectivity index (χ3v) is 7.25. The molecule has 0 saturated heterocycles. The van der Waals surface area contributed by atoms with Gasteiger partial charge in [0.15, 0.2) is 0 Å². The lowest BCUT2D eigenvalue weighted by Gasteiger charge is -2.17. The van der Waals surface area contributed by atoms with Gasteiger partial charge in [-0.1, -0.05) is 59.1 Å². The number of nitrogens with two attached hydrogens (primary N) is 1. The van der Waals surface area contributed by atoms with E-state index < -0.39 is 10.0 Å². The second-order valence-electron chi connectivity index (χ2n) is 6.50. The molecule has 11 heteroatoms. The van der Waals surface area contributed by atoms with Crippen LogP contribution in [0.3, 0.4) is 0 Å². The third-order valence-electron chi connectivity index (χ3n) is 4.34. The Balaban J connectivity index is 0.00000420. The Morgan fingerprint density at radius 1 is 0.933 bits per heavy atom. The van der Waals surface area contributed by atoms with Gasteiger partial charge in [0.05, 0.1) is 15.1 Å². The van der Waals surface area contributed by atoms with Crippen molar-refractivity contribution in [3.8, 4) is 0 Å². The Hall–Kier alpha value is -0.280. The number of likely N-dealkylation sites (N-methyl/N-ethyl adjacent to an activating group) is 1. The molecule has 2 rings (SSSR count). The van der Waals surface area contributed by atoms with Gasteiger partial charge in [0, 0.05) is 19.6 Å². The summed E-state index contributed by atoms with van der Waals surface area (Å²) in [6.45, 7) is 2.24. The summed E-state index contributed by atoms with van der Waals surface area (Å²) in [4.78, 5) is 2.00. The average molecular weight is 538 g/mol. The highest BCUT2D eigenvalue weighted by Crippen LogP contribution is 2.34. The van der Waals surface area contributed by atoms with Gasteiger partial charge in [-0.05, 0) is 49.7 Å². The van der Waals surface area contributed by atoms with Crippen LogP contribution in [0.25, 0.3) is 0 Å². The van der Waals surface area contributed by atoms with Crippen LogP contribution in [0.1, 0.15) is 17.5 Å². The second-order valence-corrected chi connectivity index (χ2v) is 9.40. The number of benzene rings is 2. The maximum atomic E-state index is 12.4. The summed E-state index contributed by atoms with van der Waals surface area (Å²) < 4.78 is 27.4. The van der Waals surface area contributed by atoms with Crippen LogP contribution in [0.5, 0.6) is 0 Å². The third kappa shape index (κ3) is 8.69. The predicted octanol–water partition coefficient (Wildman–Crippen LogP) is 4.79. The molecule has 170 valence electrons. The minimum Gasteiger partial charge on any atom is -0.326 e. The largest absolute Gasteiger partial charge is 0.326 e. The molecule has 3 N–H and O–H groups in total. The van der Waals surface area contributed by atoms with Gasteiger partial charge in [-0.2, -0.15) is 0 Å². The first kappa shape index (κ1) is 29.7. The smallest absolute Gasteiger partial charge is 0.242 e. The number of nitrogens with zero attached hydrogens (tertiary/aromatic N) is 1. The molecule has 0 saturated carbocycles. The van der Waals surface area contributed by atoms with Crippen molar-refractivity contribution in [3.63, 3.8) is 0 Å². The van der Waals surface area contributed by atoms with Crippen molar-refractivity contribution in [1.82, 2.24) is 9.62 Å². The van der Waals surface area contributed by atoms with Crippen molar-refractivity contribution in [2.45, 2.75) is 24.3 Å². The highest BCUT2D eigenvalue weighted by atomic mass is 35.5. The number of halogens is 5. The van der Waals surface area contributed by atoms with Crippen molar-refractivity contribution in [2.75, 3.05) is 26.7 Å². The highest BCUT2D eigenvalue weighted by molar-refractivity contribution is 7.89. The first-order chi connectivity index (χ1) is 13.2. The van der Waals surface area contributed by atoms with E-state index in [2.05, 4.69) is 21.8 Å². The summed E-state index contributed by atoms with van der Waals surface area (Å²) in [5, 5.41) is 0.168. The fraction of sp³-hybridized carbons (Fsp3) is 0.368. The summed E-state index contributed by atoms with van der Waals surface area (Å²) in [6.07, 6.45) is 1.93. The molecule has 30 heavy (non-hydrogen) atoms. The molecule has 2 aromatic rings. The summed E-state index contributed by atoms with van der Waals surface area (Å²) >= 11 is 17.8. The Kier molecular flexibility index (Phi) is 13.9. The first-order valence-electron chi connectivity index (χ1n) is 8.84. The van der Waals surface area contributed by atoms with Crippen molar-refractivity contribution >= 4 is 69.6 Å². The quantitative estimate of drug-likeness (QED) is 0.427. The van der Waals surface area contributed by atoms with E-state index in [0.29, 0.717) is 13.1 Å². The Morgan fingerprint density at radius 2 is 1.53 bits per heavy atom. The molecule has 0 spiro atoms. The molecule has 0 unspecified atom stereocenters. The van der Waals surface area contributed by atoms with Crippen molar-refractivity contribution in [2.24, 2.45) is 5.73 Å². The monoisotopic (exact) mass is 535 g/mol. The summed E-state index contributed by atoms with van der Waals surface area (Å²) in [7, 11) is -1.80. The Labute approximate surface area is 206 Å². The topological polar surface area (TPSA) is 75.4 Å². The molecule has 0 heterocycles. The van der Waals surface area contributed by atoms with Gasteiger partial charge in [-0.25, -0.2) is 13.1 Å². The van der Waals surface area contributed by atoms with Crippen LogP contribution < -0.4 is 10.5 Å². The second kappa shape index (κ2) is 14.0. The van der Waals surface area contributed by atoms with Crippen LogP contribution in [-0.2, 0) is 23.0 Å². The molecule has 0 aliphatic carbocycles. The van der Waals surface area contributed by atoms with Gasteiger partial charge in [0.25, 0.3) is 0 Å². The van der Waals surface area contributed by atoms with E-state index in [-0.39, 0.29) is 51.3 Å². The van der Waals surface area contributed by atoms with E-state index in [4.69, 9.17) is 40.5 Å². The van der Waals surface area contributed by atoms with Crippen LogP contribution in [0, 0.1) is 0 Å². The zero-order valence-electron chi connectivity index (χ0n) is 16.4. The van der Waals surface area contributed by atoms with Gasteiger partial charge >= 0.3 is 0 Å². The van der Waals surface area contributed by atoms with Crippen LogP contribution in [0.4, 0.5) is 0 Å². The van der Waals surface area contributed by atoms with E-state index in [9.17, 15) is 8.42 Å². The van der Waals surface area contributed by atoms with Gasteiger partial charge < -0.3 is 10.6 Å². The molecular formula is C19H26Cl5N3O2S. The first-order valence-corrected chi connectivity index (χ1v) is 11.5. The van der Waals surface area contributed by atoms with Crippen molar-refractivity contribution in [3.05, 3.63) is 62.6 Å². The molecule has 0 aliphatic heterocycles. The fourth-order valence-corrected chi connectivity index (χ4v) is 4.67. The van der Waals surface area contributed by atoms with Gasteiger partial charge in [0.1, 0.15) is 4.90 Å². The molecule has 0 amide bonds. The average Bonchev–Trinajstić information content (AvgIpc) is 2.66. The van der Waals surface area contributed by atoms with Crippen molar-refractivity contribution in [1.29, 1.82) is 0 Å². The van der Waals surface area contributed by atoms with Gasteiger partial charge in [-0.15, -0.1) is 24.8 Å². The maximum absolute atomic E-state index is 12.4. The molecule has 0 aliphatic rings. The molecule has 0 atom stereocenters. The van der Waals surface area contributed by atoms with Crippen LogP contribution in [-0.4, -0.2) is 40.0 Å². The molecule has 0 fully saturated rings. The summed E-state index contributed by atoms with van der Waals surface area (Å²) in [5.74, 6) is 0. The number of nitrogens with one attached hydrogen (secondary N) is 1. The minimum absolute atomic E-state index is 0. The van der Waals surface area contributed by atoms with E-state index in [1.165, 1.54) is 17.7 Å². The number of sulfonamides is 1. The standard InChI is InChI=1S/C19H24Cl3N3O2S.2ClH/c1-25(11-2-3-14-4-6-15(13-23)7-5-14)12-10-24-28(26,27)17-9-8-16(20)18(21)19(17)22;;/h4-9,24H,2-3,10-13,23H2,1H3;2*1H. The van der Waals surface area contributed by atoms with Crippen LogP contribution >= 0.6 is 59.6 Å². The SMILES string of the molecule is CN(CCCc1ccc(CN)cc1)CCNS(=O)(=O)c1ccc(Cl)c(Cl)c1Cl.Cl.Cl. The normalized spacial score (nSPS) is 11.1. The van der Waals surface area contributed by atoms with E-state index in [1.54, 1.807) is 0 Å². The van der Waals surface area contributed by atoms with Crippen molar-refractivity contribution < 1.29 is 8.42 Å². The lowest BCUT2D eigenvalue weighted by atomic mass is 10.1. The van der Waals surface area contributed by atoms with Gasteiger partial charge in [-0.3, -0.25) is 0 Å². The summed E-state index contributed by atoms with van der Waals surface area (Å²) in [5.41, 5.74) is 7.99. The minimum atomic E-state index is -3.76. The van der Waals surface area contributed by atoms with Gasteiger partial charge in [0.2, 0.25) is 10.0 Å². The van der Waals surface area contributed by atoms with Crippen LogP contribution in [0.15, 0.2) is 41.3 Å². The molecule has 0 bridgehead atoms. The Bertz CT molecular complexity index is 896. The number of hydrogen-bond acceptors (Lipinski definition) is 4.